The summed E-state index contributed by atoms with van der Waals surface area (Å²) in [5.74, 6) is -1.88. The standard InChI is InChI=1S/C33H41N5O9/c1-18-9-8-12-21(39)11-7-5-6-10-19-13-23(40)29(30(42)28(19)32(43)47-18)22(16-27(41)35-17-26-36-33(34)38-37-26)20-14-24(44-2)31(46-4)25(15-20)45-3/h6,10,13-15,18,22,40,42H,5,7-9,11-12,16-17H2,1-4H3,(H,35,41)(H3,34,36,37,38)/b10-6+/t18-,22?/m0/s1. The van der Waals surface area contributed by atoms with Gasteiger partial charge >= 0.3 is 5.97 Å². The van der Waals surface area contributed by atoms with Gasteiger partial charge in [0.2, 0.25) is 17.6 Å². The van der Waals surface area contributed by atoms with Gasteiger partial charge in [0.05, 0.1) is 34.0 Å². The number of ether oxygens (including phenoxy) is 4. The maximum atomic E-state index is 13.6. The maximum Gasteiger partial charge on any atom is 0.342 e. The molecule has 6 N–H and O–H groups in total. The number of cyclic esters (lactones) is 1. The van der Waals surface area contributed by atoms with E-state index in [1.165, 1.54) is 27.4 Å². The van der Waals surface area contributed by atoms with Gasteiger partial charge < -0.3 is 40.2 Å². The zero-order chi connectivity index (χ0) is 34.1. The molecule has 1 aliphatic heterocycles. The number of allylic oxidation sites excluding steroid dienone is 1. The Bertz CT molecular complexity index is 1610. The lowest BCUT2D eigenvalue weighted by Gasteiger charge is -2.24. The fourth-order valence-electron chi connectivity index (χ4n) is 5.54. The van der Waals surface area contributed by atoms with Crippen molar-refractivity contribution >= 4 is 29.7 Å². The van der Waals surface area contributed by atoms with Crippen molar-refractivity contribution < 1.29 is 43.5 Å². The number of aromatic amines is 1. The van der Waals surface area contributed by atoms with Gasteiger partial charge in [0.25, 0.3) is 0 Å². The number of hydrogen-bond donors (Lipinski definition) is 5. The molecule has 0 radical (unpaired) electrons. The molecule has 1 aromatic heterocycles. The predicted octanol–water partition coefficient (Wildman–Crippen LogP) is 4.14. The van der Waals surface area contributed by atoms with Crippen molar-refractivity contribution in [2.75, 3.05) is 27.1 Å². The summed E-state index contributed by atoms with van der Waals surface area (Å²) in [6.07, 6.45) is 5.55. The zero-order valence-corrected chi connectivity index (χ0v) is 26.9. The first-order valence-corrected chi connectivity index (χ1v) is 15.3. The number of rotatable bonds is 9. The molecule has 0 bridgehead atoms. The van der Waals surface area contributed by atoms with Crippen LogP contribution in [0.3, 0.4) is 0 Å². The van der Waals surface area contributed by atoms with Crippen LogP contribution in [0.1, 0.15) is 90.7 Å². The molecule has 2 heterocycles. The summed E-state index contributed by atoms with van der Waals surface area (Å²) < 4.78 is 22.2. The summed E-state index contributed by atoms with van der Waals surface area (Å²) in [6, 6.07) is 4.55. The molecule has 2 aromatic carbocycles. The van der Waals surface area contributed by atoms with E-state index in [1.807, 2.05) is 0 Å². The molecule has 1 unspecified atom stereocenters. The maximum absolute atomic E-state index is 13.6. The van der Waals surface area contributed by atoms with E-state index < -0.39 is 29.6 Å². The number of phenolic OH excluding ortho intramolecular Hbond substituents is 2. The van der Waals surface area contributed by atoms with E-state index in [1.54, 1.807) is 31.2 Å². The van der Waals surface area contributed by atoms with Gasteiger partial charge in [-0.3, -0.25) is 14.7 Å². The van der Waals surface area contributed by atoms with Crippen molar-refractivity contribution in [1.29, 1.82) is 0 Å². The molecule has 1 aliphatic rings. The monoisotopic (exact) mass is 651 g/mol. The van der Waals surface area contributed by atoms with Crippen LogP contribution in [-0.2, 0) is 20.9 Å². The van der Waals surface area contributed by atoms with E-state index >= 15 is 0 Å². The molecule has 0 saturated carbocycles. The van der Waals surface area contributed by atoms with E-state index in [9.17, 15) is 24.6 Å². The number of fused-ring (bicyclic) bond motifs is 1. The topological polar surface area (TPSA) is 208 Å². The zero-order valence-electron chi connectivity index (χ0n) is 26.9. The number of H-pyrrole nitrogens is 1. The number of nitrogen functional groups attached to an aromatic ring is 1. The number of amides is 1. The number of nitrogens with one attached hydrogen (secondary N) is 2. The van der Waals surface area contributed by atoms with E-state index in [4.69, 9.17) is 24.7 Å². The van der Waals surface area contributed by atoms with Gasteiger partial charge in [0, 0.05) is 30.7 Å². The molecule has 14 nitrogen and oxygen atoms in total. The largest absolute Gasteiger partial charge is 0.507 e. The highest BCUT2D eigenvalue weighted by molar-refractivity contribution is 5.98. The van der Waals surface area contributed by atoms with Gasteiger partial charge in [-0.15, -0.1) is 5.10 Å². The Labute approximate surface area is 272 Å². The third-order valence-electron chi connectivity index (χ3n) is 7.88. The van der Waals surface area contributed by atoms with Gasteiger partial charge in [-0.25, -0.2) is 4.79 Å². The average molecular weight is 652 g/mol. The Morgan fingerprint density at radius 1 is 1.11 bits per heavy atom. The molecular weight excluding hydrogens is 610 g/mol. The minimum atomic E-state index is -1.03. The summed E-state index contributed by atoms with van der Waals surface area (Å²) in [7, 11) is 4.32. The second kappa shape index (κ2) is 15.8. The average Bonchev–Trinajstić information content (AvgIpc) is 3.46. The Balaban J connectivity index is 1.84. The SMILES string of the molecule is COc1cc(C(CC(=O)NCc2nc(N)n[nH]2)c2c(O)cc3c(c2O)C(=O)O[C@@H](C)CCCC(=O)CCC/C=C/3)cc(OC)c1OC. The number of esters is 1. The molecule has 14 heteroatoms. The molecular formula is C33H41N5O9. The lowest BCUT2D eigenvalue weighted by atomic mass is 9.84. The number of phenols is 2. The fourth-order valence-corrected chi connectivity index (χ4v) is 5.54. The molecule has 0 aliphatic carbocycles. The van der Waals surface area contributed by atoms with Gasteiger partial charge in [-0.1, -0.05) is 12.2 Å². The molecule has 0 fully saturated rings. The molecule has 0 spiro atoms. The van der Waals surface area contributed by atoms with Crippen molar-refractivity contribution in [2.45, 2.75) is 70.4 Å². The molecule has 0 saturated heterocycles. The summed E-state index contributed by atoms with van der Waals surface area (Å²) in [5.41, 5.74) is 5.96. The van der Waals surface area contributed by atoms with Crippen LogP contribution >= 0.6 is 0 Å². The van der Waals surface area contributed by atoms with Crippen molar-refractivity contribution in [2.24, 2.45) is 0 Å². The van der Waals surface area contributed by atoms with Crippen molar-refractivity contribution in [3.05, 3.63) is 52.4 Å². The van der Waals surface area contributed by atoms with Crippen LogP contribution in [0.5, 0.6) is 28.7 Å². The number of Topliss-reactive ketones (excluding diaryl/α,β-unsaturated/α-hetero) is 1. The minimum absolute atomic E-state index is 0.0201. The first-order valence-electron chi connectivity index (χ1n) is 15.3. The van der Waals surface area contributed by atoms with E-state index in [-0.39, 0.29) is 58.6 Å². The predicted molar refractivity (Wildman–Crippen MR) is 172 cm³/mol. The summed E-state index contributed by atoms with van der Waals surface area (Å²) in [4.78, 5) is 43.2. The van der Waals surface area contributed by atoms with Crippen LogP contribution in [0, 0.1) is 0 Å². The second-order valence-electron chi connectivity index (χ2n) is 11.2. The third-order valence-corrected chi connectivity index (χ3v) is 7.88. The first kappa shape index (κ1) is 34.6. The van der Waals surface area contributed by atoms with Gasteiger partial charge in [0.1, 0.15) is 28.7 Å². The van der Waals surface area contributed by atoms with Gasteiger partial charge in [-0.2, -0.15) is 4.98 Å². The normalized spacial score (nSPS) is 17.1. The van der Waals surface area contributed by atoms with Crippen LogP contribution in [0.4, 0.5) is 5.95 Å². The quantitative estimate of drug-likeness (QED) is 0.207. The number of carbonyl (C=O) groups is 3. The number of methoxy groups -OCH3 is 3. The van der Waals surface area contributed by atoms with Gasteiger partial charge in [0.15, 0.2) is 11.5 Å². The van der Waals surface area contributed by atoms with Crippen molar-refractivity contribution in [3.63, 3.8) is 0 Å². The number of benzene rings is 2. The number of aromatic nitrogens is 3. The summed E-state index contributed by atoms with van der Waals surface area (Å²) in [6.45, 7) is 1.70. The molecule has 3 aromatic rings. The summed E-state index contributed by atoms with van der Waals surface area (Å²) in [5, 5.41) is 32.4. The Morgan fingerprint density at radius 3 is 2.45 bits per heavy atom. The molecule has 252 valence electrons. The summed E-state index contributed by atoms with van der Waals surface area (Å²) >= 11 is 0. The number of hydrogen-bond acceptors (Lipinski definition) is 12. The van der Waals surface area contributed by atoms with Crippen LogP contribution in [0.2, 0.25) is 0 Å². The highest BCUT2D eigenvalue weighted by atomic mass is 16.5. The van der Waals surface area contributed by atoms with Crippen LogP contribution in [0.25, 0.3) is 6.08 Å². The number of nitrogens with two attached hydrogens (primary N) is 1. The number of carbonyl (C=O) groups excluding carboxylic acids is 3. The highest BCUT2D eigenvalue weighted by Crippen LogP contribution is 2.47. The molecule has 47 heavy (non-hydrogen) atoms. The van der Waals surface area contributed by atoms with E-state index in [0.717, 1.165) is 0 Å². The Hall–Kier alpha value is -5.27. The van der Waals surface area contributed by atoms with Crippen LogP contribution in [-0.4, -0.2) is 70.5 Å². The van der Waals surface area contributed by atoms with Crippen LogP contribution in [0.15, 0.2) is 24.3 Å². The van der Waals surface area contributed by atoms with Crippen molar-refractivity contribution in [1.82, 2.24) is 20.5 Å². The Kier molecular flexibility index (Phi) is 11.7. The Morgan fingerprint density at radius 2 is 1.81 bits per heavy atom. The number of anilines is 1. The first-order chi connectivity index (χ1) is 22.6. The number of aromatic hydroxyl groups is 2. The molecule has 4 rings (SSSR count). The lowest BCUT2D eigenvalue weighted by Crippen LogP contribution is -2.26. The smallest absolute Gasteiger partial charge is 0.342 e. The molecule has 2 atom stereocenters. The lowest BCUT2D eigenvalue weighted by molar-refractivity contribution is -0.121. The third kappa shape index (κ3) is 8.51. The number of nitrogens with zero attached hydrogens (tertiary/aromatic N) is 2. The second-order valence-corrected chi connectivity index (χ2v) is 11.2. The van der Waals surface area contributed by atoms with Gasteiger partial charge in [-0.05, 0) is 61.9 Å². The molecule has 1 amide bonds. The minimum Gasteiger partial charge on any atom is -0.507 e. The van der Waals surface area contributed by atoms with Crippen molar-refractivity contribution in [3.8, 4) is 28.7 Å². The number of ketones is 1. The fraction of sp³-hybridized carbons (Fsp3) is 0.424. The van der Waals surface area contributed by atoms with E-state index in [0.29, 0.717) is 55.7 Å². The van der Waals surface area contributed by atoms with E-state index in [2.05, 4.69) is 20.5 Å². The van der Waals surface area contributed by atoms with Crippen LogP contribution < -0.4 is 25.3 Å². The highest BCUT2D eigenvalue weighted by Gasteiger charge is 2.32.